The summed E-state index contributed by atoms with van der Waals surface area (Å²) in [7, 11) is 0. The predicted molar refractivity (Wildman–Crippen MR) is 88.6 cm³/mol. The zero-order valence-electron chi connectivity index (χ0n) is 12.3. The van der Waals surface area contributed by atoms with Crippen molar-refractivity contribution in [1.82, 2.24) is 0 Å². The molecule has 1 heterocycles. The van der Waals surface area contributed by atoms with Gasteiger partial charge in [-0.3, -0.25) is 0 Å². The van der Waals surface area contributed by atoms with E-state index in [1.54, 1.807) is 0 Å². The minimum absolute atomic E-state index is 0.504. The summed E-state index contributed by atoms with van der Waals surface area (Å²) in [5.41, 5.74) is 2.69. The molecule has 0 spiro atoms. The molecule has 0 saturated heterocycles. The maximum atomic E-state index is 3.74. The van der Waals surface area contributed by atoms with Gasteiger partial charge in [0, 0.05) is 10.6 Å². The van der Waals surface area contributed by atoms with E-state index in [0.717, 1.165) is 5.92 Å². The van der Waals surface area contributed by atoms with Gasteiger partial charge in [-0.25, -0.2) is 0 Å². The average molecular weight is 285 g/mol. The van der Waals surface area contributed by atoms with Crippen molar-refractivity contribution in [3.8, 4) is 0 Å². The van der Waals surface area contributed by atoms with Gasteiger partial charge in [-0.2, -0.15) is 0 Å². The molecule has 20 heavy (non-hydrogen) atoms. The van der Waals surface area contributed by atoms with E-state index in [2.05, 4.69) is 60.9 Å². The highest BCUT2D eigenvalue weighted by molar-refractivity contribution is 7.10. The topological polar surface area (TPSA) is 12.0 Å². The van der Waals surface area contributed by atoms with Crippen LogP contribution in [0.2, 0.25) is 0 Å². The van der Waals surface area contributed by atoms with Crippen molar-refractivity contribution >= 4 is 17.0 Å². The molecule has 2 atom stereocenters. The van der Waals surface area contributed by atoms with Gasteiger partial charge in [-0.1, -0.05) is 32.0 Å². The summed E-state index contributed by atoms with van der Waals surface area (Å²) < 4.78 is 0. The molecule has 0 amide bonds. The Kier molecular flexibility index (Phi) is 4.11. The van der Waals surface area contributed by atoms with Crippen LogP contribution in [0.25, 0.3) is 0 Å². The van der Waals surface area contributed by atoms with Crippen LogP contribution in [0, 0.1) is 5.92 Å². The average Bonchev–Trinajstić information content (AvgIpc) is 3.19. The Morgan fingerprint density at radius 2 is 1.95 bits per heavy atom. The Labute approximate surface area is 126 Å². The largest absolute Gasteiger partial charge is 0.377 e. The first kappa shape index (κ1) is 13.7. The fourth-order valence-electron chi connectivity index (χ4n) is 2.64. The zero-order chi connectivity index (χ0) is 13.9. The predicted octanol–water partition coefficient (Wildman–Crippen LogP) is 5.82. The Hall–Kier alpha value is -1.28. The molecule has 1 nitrogen and oxygen atoms in total. The van der Waals surface area contributed by atoms with Crippen LogP contribution < -0.4 is 5.32 Å². The molecule has 1 aromatic heterocycles. The normalized spacial score (nSPS) is 17.7. The molecular formula is C18H23NS. The molecule has 3 rings (SSSR count). The second-order valence-corrected chi connectivity index (χ2v) is 6.89. The van der Waals surface area contributed by atoms with E-state index in [4.69, 9.17) is 0 Å². The number of hydrogen-bond acceptors (Lipinski definition) is 2. The summed E-state index contributed by atoms with van der Waals surface area (Å²) in [6, 6.07) is 13.9. The van der Waals surface area contributed by atoms with Crippen molar-refractivity contribution in [3.63, 3.8) is 0 Å². The van der Waals surface area contributed by atoms with E-state index >= 15 is 0 Å². The molecule has 1 saturated carbocycles. The van der Waals surface area contributed by atoms with Gasteiger partial charge in [0.05, 0.1) is 6.04 Å². The van der Waals surface area contributed by atoms with Crippen molar-refractivity contribution in [3.05, 3.63) is 52.2 Å². The summed E-state index contributed by atoms with van der Waals surface area (Å²) >= 11 is 1.87. The lowest BCUT2D eigenvalue weighted by molar-refractivity contribution is 0.690. The summed E-state index contributed by atoms with van der Waals surface area (Å²) in [6.45, 7) is 4.54. The fourth-order valence-corrected chi connectivity index (χ4v) is 3.51. The maximum Gasteiger partial charge on any atom is 0.0634 e. The first-order valence-electron chi connectivity index (χ1n) is 7.68. The number of thiophene rings is 1. The lowest BCUT2D eigenvalue weighted by Crippen LogP contribution is -2.11. The fraction of sp³-hybridized carbons (Fsp3) is 0.444. The van der Waals surface area contributed by atoms with Gasteiger partial charge in [-0.15, -0.1) is 11.3 Å². The molecule has 2 heteroatoms. The van der Waals surface area contributed by atoms with Crippen molar-refractivity contribution in [1.29, 1.82) is 0 Å². The standard InChI is InChI=1S/C18H23NS/c1-3-13(2)14-8-10-16(11-9-14)19-18(15-6-7-15)17-5-4-12-20-17/h4-5,8-13,15,18-19H,3,6-7H2,1-2H3. The van der Waals surface area contributed by atoms with Crippen LogP contribution in [0.4, 0.5) is 5.69 Å². The lowest BCUT2D eigenvalue weighted by Gasteiger charge is -2.19. The molecule has 0 radical (unpaired) electrons. The SMILES string of the molecule is CCC(C)c1ccc(NC(c2cccs2)C2CC2)cc1. The Morgan fingerprint density at radius 1 is 1.20 bits per heavy atom. The Bertz CT molecular complexity index is 525. The third kappa shape index (κ3) is 3.06. The summed E-state index contributed by atoms with van der Waals surface area (Å²) in [6.07, 6.45) is 3.92. The highest BCUT2D eigenvalue weighted by Gasteiger charge is 2.32. The van der Waals surface area contributed by atoms with Crippen molar-refractivity contribution < 1.29 is 0 Å². The van der Waals surface area contributed by atoms with Crippen LogP contribution >= 0.6 is 11.3 Å². The molecule has 0 aliphatic heterocycles. The quantitative estimate of drug-likeness (QED) is 0.704. The van der Waals surface area contributed by atoms with E-state index in [1.807, 2.05) is 11.3 Å². The molecule has 2 unspecified atom stereocenters. The van der Waals surface area contributed by atoms with E-state index in [1.165, 1.54) is 35.4 Å². The van der Waals surface area contributed by atoms with Gasteiger partial charge >= 0.3 is 0 Å². The van der Waals surface area contributed by atoms with Gasteiger partial charge in [0.25, 0.3) is 0 Å². The van der Waals surface area contributed by atoms with Crippen LogP contribution in [0.1, 0.15) is 55.5 Å². The summed E-state index contributed by atoms with van der Waals surface area (Å²) in [4.78, 5) is 1.47. The first-order valence-corrected chi connectivity index (χ1v) is 8.55. The van der Waals surface area contributed by atoms with E-state index in [-0.39, 0.29) is 0 Å². The van der Waals surface area contributed by atoms with E-state index in [0.29, 0.717) is 12.0 Å². The second kappa shape index (κ2) is 6.01. The number of rotatable bonds is 6. The third-order valence-corrected chi connectivity index (χ3v) is 5.31. The monoisotopic (exact) mass is 285 g/mol. The van der Waals surface area contributed by atoms with Crippen LogP contribution in [-0.4, -0.2) is 0 Å². The third-order valence-electron chi connectivity index (χ3n) is 4.36. The van der Waals surface area contributed by atoms with Crippen molar-refractivity contribution in [2.75, 3.05) is 5.32 Å². The van der Waals surface area contributed by atoms with Gasteiger partial charge < -0.3 is 5.32 Å². The minimum Gasteiger partial charge on any atom is -0.377 e. The molecule has 1 aliphatic rings. The Balaban J connectivity index is 1.72. The summed E-state index contributed by atoms with van der Waals surface area (Å²) in [5, 5.41) is 5.92. The Morgan fingerprint density at radius 3 is 2.50 bits per heavy atom. The molecule has 1 fully saturated rings. The van der Waals surface area contributed by atoms with E-state index < -0.39 is 0 Å². The molecule has 0 bridgehead atoms. The van der Waals surface area contributed by atoms with Crippen LogP contribution in [0.5, 0.6) is 0 Å². The van der Waals surface area contributed by atoms with Crippen molar-refractivity contribution in [2.24, 2.45) is 5.92 Å². The van der Waals surface area contributed by atoms with Gasteiger partial charge in [-0.05, 0) is 60.2 Å². The maximum absolute atomic E-state index is 3.74. The van der Waals surface area contributed by atoms with Crippen LogP contribution in [0.3, 0.4) is 0 Å². The van der Waals surface area contributed by atoms with Crippen LogP contribution in [0.15, 0.2) is 41.8 Å². The molecule has 1 aromatic carbocycles. The lowest BCUT2D eigenvalue weighted by atomic mass is 9.98. The second-order valence-electron chi connectivity index (χ2n) is 5.91. The highest BCUT2D eigenvalue weighted by atomic mass is 32.1. The smallest absolute Gasteiger partial charge is 0.0634 e. The molecular weight excluding hydrogens is 262 g/mol. The van der Waals surface area contributed by atoms with Crippen LogP contribution in [-0.2, 0) is 0 Å². The molecule has 1 N–H and O–H groups in total. The highest BCUT2D eigenvalue weighted by Crippen LogP contribution is 2.44. The number of hydrogen-bond donors (Lipinski definition) is 1. The number of anilines is 1. The van der Waals surface area contributed by atoms with Crippen molar-refractivity contribution in [2.45, 2.75) is 45.1 Å². The zero-order valence-corrected chi connectivity index (χ0v) is 13.1. The molecule has 2 aromatic rings. The number of benzene rings is 1. The summed E-state index contributed by atoms with van der Waals surface area (Å²) in [5.74, 6) is 1.48. The molecule has 1 aliphatic carbocycles. The molecule has 106 valence electrons. The first-order chi connectivity index (χ1) is 9.78. The van der Waals surface area contributed by atoms with Gasteiger partial charge in [0.1, 0.15) is 0 Å². The van der Waals surface area contributed by atoms with E-state index in [9.17, 15) is 0 Å². The number of nitrogens with one attached hydrogen (secondary N) is 1. The minimum atomic E-state index is 0.504. The van der Waals surface area contributed by atoms with Gasteiger partial charge in [0.15, 0.2) is 0 Å². The van der Waals surface area contributed by atoms with Gasteiger partial charge in [0.2, 0.25) is 0 Å².